The number of hydrogen-bond acceptors (Lipinski definition) is 2. The number of amidine groups is 1. The third kappa shape index (κ3) is 4.26. The number of benzene rings is 2. The monoisotopic (exact) mass is 328 g/mol. The van der Waals surface area contributed by atoms with E-state index in [1.54, 1.807) is 0 Å². The molecule has 0 spiro atoms. The van der Waals surface area contributed by atoms with Gasteiger partial charge in [0.15, 0.2) is 0 Å². The number of rotatable bonds is 4. The quantitative estimate of drug-likeness (QED) is 0.336. The summed E-state index contributed by atoms with van der Waals surface area (Å²) in [6.45, 7) is 0. The minimum atomic E-state index is 0.540. The first-order valence-corrected chi connectivity index (χ1v) is 8.41. The van der Waals surface area contributed by atoms with Gasteiger partial charge in [-0.1, -0.05) is 53.2 Å². The molecule has 3 nitrogen and oxygen atoms in total. The van der Waals surface area contributed by atoms with Crippen LogP contribution in [0.5, 0.6) is 0 Å². The molecule has 1 fully saturated rings. The van der Waals surface area contributed by atoms with Crippen LogP contribution in [0.15, 0.2) is 59.8 Å². The molecule has 0 radical (unpaired) electrons. The molecule has 2 aromatic carbocycles. The molecular formula is C19H21ClN2O. The molecular weight excluding hydrogens is 308 g/mol. The van der Waals surface area contributed by atoms with E-state index in [1.807, 2.05) is 24.3 Å². The Kier molecular flexibility index (Phi) is 5.19. The Balaban J connectivity index is 1.58. The van der Waals surface area contributed by atoms with Crippen molar-refractivity contribution in [2.45, 2.75) is 31.6 Å². The molecule has 1 aliphatic carbocycles. The number of oxime groups is 1. The second-order valence-electron chi connectivity index (χ2n) is 6.17. The molecule has 2 N–H and O–H groups in total. The molecule has 1 unspecified atom stereocenters. The minimum Gasteiger partial charge on any atom is -0.409 e. The lowest BCUT2D eigenvalue weighted by Gasteiger charge is -2.14. The summed E-state index contributed by atoms with van der Waals surface area (Å²) in [5.41, 5.74) is 2.27. The number of nitrogens with zero attached hydrogens (tertiary/aromatic N) is 1. The molecule has 3 rings (SSSR count). The predicted octanol–water partition coefficient (Wildman–Crippen LogP) is 5.51. The lowest BCUT2D eigenvalue weighted by Crippen LogP contribution is -2.16. The second kappa shape index (κ2) is 7.51. The second-order valence-corrected chi connectivity index (χ2v) is 6.61. The fraction of sp³-hybridized carbons (Fsp3) is 0.316. The fourth-order valence-corrected chi connectivity index (χ4v) is 3.60. The van der Waals surface area contributed by atoms with Gasteiger partial charge in [0.05, 0.1) is 0 Å². The fourth-order valence-electron chi connectivity index (χ4n) is 3.41. The normalized spacial score (nSPS) is 21.3. The van der Waals surface area contributed by atoms with E-state index < -0.39 is 0 Å². The number of anilines is 1. The standard InChI is InChI=1S/C19H21ClN2O/c20-17-7-4-8-18(13-17)21-19(22-23)12-14-9-10-16(11-14)15-5-2-1-3-6-15/h1-8,13-14,16,23H,9-12H2,(H,21,22)/t14-,16?/m1/s1. The molecule has 1 saturated carbocycles. The molecule has 120 valence electrons. The SMILES string of the molecule is O/N=C(/C[C@@H]1CCC(c2ccccc2)C1)Nc1cccc(Cl)c1. The van der Waals surface area contributed by atoms with Crippen LogP contribution >= 0.6 is 11.6 Å². The molecule has 2 atom stereocenters. The highest BCUT2D eigenvalue weighted by molar-refractivity contribution is 6.30. The van der Waals surface area contributed by atoms with Gasteiger partial charge in [-0.05, 0) is 54.9 Å². The van der Waals surface area contributed by atoms with Crippen LogP contribution in [0, 0.1) is 5.92 Å². The highest BCUT2D eigenvalue weighted by atomic mass is 35.5. The third-order valence-corrected chi connectivity index (χ3v) is 4.76. The summed E-state index contributed by atoms with van der Waals surface area (Å²) in [5, 5.41) is 16.6. The maximum atomic E-state index is 9.29. The van der Waals surface area contributed by atoms with E-state index in [1.165, 1.54) is 12.0 Å². The third-order valence-electron chi connectivity index (χ3n) is 4.53. The van der Waals surface area contributed by atoms with Crippen LogP contribution in [0.2, 0.25) is 5.02 Å². The summed E-state index contributed by atoms with van der Waals surface area (Å²) < 4.78 is 0. The first-order chi connectivity index (χ1) is 11.2. The number of halogens is 1. The zero-order chi connectivity index (χ0) is 16.1. The summed E-state index contributed by atoms with van der Waals surface area (Å²) in [6, 6.07) is 18.1. The topological polar surface area (TPSA) is 44.6 Å². The van der Waals surface area contributed by atoms with Gasteiger partial charge in [0.1, 0.15) is 5.84 Å². The van der Waals surface area contributed by atoms with Crippen molar-refractivity contribution < 1.29 is 5.21 Å². The van der Waals surface area contributed by atoms with Crippen LogP contribution in [0.4, 0.5) is 5.69 Å². The highest BCUT2D eigenvalue weighted by Gasteiger charge is 2.27. The highest BCUT2D eigenvalue weighted by Crippen LogP contribution is 2.39. The van der Waals surface area contributed by atoms with Crippen molar-refractivity contribution >= 4 is 23.1 Å². The molecule has 1 aliphatic rings. The molecule has 4 heteroatoms. The summed E-state index contributed by atoms with van der Waals surface area (Å²) in [4.78, 5) is 0. The number of nitrogens with one attached hydrogen (secondary N) is 1. The predicted molar refractivity (Wildman–Crippen MR) is 95.4 cm³/mol. The lowest BCUT2D eigenvalue weighted by molar-refractivity contribution is 0.316. The van der Waals surface area contributed by atoms with Gasteiger partial charge in [-0.3, -0.25) is 0 Å². The zero-order valence-electron chi connectivity index (χ0n) is 13.0. The van der Waals surface area contributed by atoms with Gasteiger partial charge in [-0.2, -0.15) is 0 Å². The Morgan fingerprint density at radius 3 is 2.70 bits per heavy atom. The van der Waals surface area contributed by atoms with Crippen LogP contribution in [0.1, 0.15) is 37.2 Å². The maximum absolute atomic E-state index is 9.29. The summed E-state index contributed by atoms with van der Waals surface area (Å²) in [5.74, 6) is 1.76. The van der Waals surface area contributed by atoms with E-state index in [0.29, 0.717) is 22.7 Å². The summed E-state index contributed by atoms with van der Waals surface area (Å²) in [7, 11) is 0. The van der Waals surface area contributed by atoms with Crippen molar-refractivity contribution in [1.82, 2.24) is 0 Å². The van der Waals surface area contributed by atoms with E-state index in [0.717, 1.165) is 24.9 Å². The van der Waals surface area contributed by atoms with Crippen molar-refractivity contribution in [2.24, 2.45) is 11.1 Å². The Morgan fingerprint density at radius 2 is 1.96 bits per heavy atom. The Bertz CT molecular complexity index is 672. The van der Waals surface area contributed by atoms with Crippen molar-refractivity contribution in [3.8, 4) is 0 Å². The molecule has 0 heterocycles. The van der Waals surface area contributed by atoms with Crippen LogP contribution in [-0.4, -0.2) is 11.0 Å². The Hall–Kier alpha value is -2.00. The molecule has 0 aliphatic heterocycles. The van der Waals surface area contributed by atoms with Crippen molar-refractivity contribution in [1.29, 1.82) is 0 Å². The largest absolute Gasteiger partial charge is 0.409 e. The summed E-state index contributed by atoms with van der Waals surface area (Å²) >= 11 is 5.99. The minimum absolute atomic E-state index is 0.540. The molecule has 0 aromatic heterocycles. The average molecular weight is 329 g/mol. The van der Waals surface area contributed by atoms with Gasteiger partial charge in [-0.25, -0.2) is 0 Å². The maximum Gasteiger partial charge on any atom is 0.146 e. The Labute approximate surface area is 142 Å². The van der Waals surface area contributed by atoms with Gasteiger partial charge in [0, 0.05) is 17.1 Å². The van der Waals surface area contributed by atoms with Crippen LogP contribution in [0.3, 0.4) is 0 Å². The molecule has 0 amide bonds. The number of hydrogen-bond donors (Lipinski definition) is 2. The van der Waals surface area contributed by atoms with Gasteiger partial charge in [0.2, 0.25) is 0 Å². The van der Waals surface area contributed by atoms with Gasteiger partial charge in [0.25, 0.3) is 0 Å². The molecule has 23 heavy (non-hydrogen) atoms. The Morgan fingerprint density at radius 1 is 1.13 bits per heavy atom. The van der Waals surface area contributed by atoms with Crippen molar-refractivity contribution in [3.63, 3.8) is 0 Å². The molecule has 0 saturated heterocycles. The molecule has 2 aromatic rings. The first-order valence-electron chi connectivity index (χ1n) is 8.03. The van der Waals surface area contributed by atoms with Crippen molar-refractivity contribution in [2.75, 3.05) is 5.32 Å². The van der Waals surface area contributed by atoms with E-state index in [-0.39, 0.29) is 0 Å². The molecule has 0 bridgehead atoms. The lowest BCUT2D eigenvalue weighted by atomic mass is 9.95. The van der Waals surface area contributed by atoms with Gasteiger partial charge < -0.3 is 10.5 Å². The summed E-state index contributed by atoms with van der Waals surface area (Å²) in [6.07, 6.45) is 4.26. The zero-order valence-corrected chi connectivity index (χ0v) is 13.7. The van der Waals surface area contributed by atoms with Crippen LogP contribution in [-0.2, 0) is 0 Å². The van der Waals surface area contributed by atoms with Crippen LogP contribution in [0.25, 0.3) is 0 Å². The smallest absolute Gasteiger partial charge is 0.146 e. The van der Waals surface area contributed by atoms with E-state index >= 15 is 0 Å². The van der Waals surface area contributed by atoms with E-state index in [9.17, 15) is 5.21 Å². The van der Waals surface area contributed by atoms with Gasteiger partial charge in [-0.15, -0.1) is 0 Å². The first kappa shape index (κ1) is 15.9. The van der Waals surface area contributed by atoms with E-state index in [2.05, 4.69) is 40.8 Å². The van der Waals surface area contributed by atoms with Crippen molar-refractivity contribution in [3.05, 3.63) is 65.2 Å². The average Bonchev–Trinajstić information content (AvgIpc) is 3.04. The van der Waals surface area contributed by atoms with Gasteiger partial charge >= 0.3 is 0 Å². The van der Waals surface area contributed by atoms with Crippen LogP contribution < -0.4 is 5.32 Å². The van der Waals surface area contributed by atoms with E-state index in [4.69, 9.17) is 11.6 Å².